The number of amides is 2. The normalized spacial score (nSPS) is 11.9. The number of rotatable bonds is 5. The number of aromatic nitrogens is 1. The Hall–Kier alpha value is -2.64. The van der Waals surface area contributed by atoms with E-state index >= 15 is 0 Å². The Labute approximate surface area is 136 Å². The van der Waals surface area contributed by atoms with Gasteiger partial charge in [0, 0.05) is 18.2 Å². The number of nitrogens with zero attached hydrogens (tertiary/aromatic N) is 1. The Morgan fingerprint density at radius 1 is 1.30 bits per heavy atom. The molecule has 0 radical (unpaired) electrons. The lowest BCUT2D eigenvalue weighted by Gasteiger charge is -2.10. The molecule has 0 saturated heterocycles. The van der Waals surface area contributed by atoms with Crippen LogP contribution in [0.1, 0.15) is 11.7 Å². The van der Waals surface area contributed by atoms with Gasteiger partial charge in [0.2, 0.25) is 0 Å². The summed E-state index contributed by atoms with van der Waals surface area (Å²) in [4.78, 5) is 11.8. The van der Waals surface area contributed by atoms with Gasteiger partial charge in [0.1, 0.15) is 0 Å². The largest absolute Gasteiger partial charge is 0.387 e. The van der Waals surface area contributed by atoms with Crippen molar-refractivity contribution in [3.8, 4) is 11.3 Å². The molecule has 0 saturated carbocycles. The van der Waals surface area contributed by atoms with Gasteiger partial charge in [0.15, 0.2) is 11.6 Å². The minimum atomic E-state index is -0.732. The van der Waals surface area contributed by atoms with Gasteiger partial charge in [-0.15, -0.1) is 0 Å². The van der Waals surface area contributed by atoms with Crippen LogP contribution in [0.4, 0.5) is 10.6 Å². The molecule has 2 aromatic heterocycles. The minimum absolute atomic E-state index is 0.117. The van der Waals surface area contributed by atoms with Gasteiger partial charge in [-0.25, -0.2) is 4.79 Å². The fourth-order valence-corrected chi connectivity index (χ4v) is 2.71. The molecule has 0 aliphatic heterocycles. The first-order valence-electron chi connectivity index (χ1n) is 6.99. The first kappa shape index (κ1) is 15.3. The van der Waals surface area contributed by atoms with Gasteiger partial charge in [-0.3, -0.25) is 5.32 Å². The average Bonchev–Trinajstić information content (AvgIpc) is 3.25. The lowest BCUT2D eigenvalue weighted by molar-refractivity contribution is 0.175. The Balaban J connectivity index is 1.53. The second kappa shape index (κ2) is 7.08. The molecular weight excluding hydrogens is 314 g/mol. The molecule has 118 valence electrons. The molecule has 2 heterocycles. The number of hydrogen-bond acceptors (Lipinski definition) is 5. The van der Waals surface area contributed by atoms with Crippen LogP contribution in [-0.4, -0.2) is 22.8 Å². The highest BCUT2D eigenvalue weighted by Gasteiger charge is 2.12. The highest BCUT2D eigenvalue weighted by Crippen LogP contribution is 2.21. The fourth-order valence-electron chi connectivity index (χ4n) is 2.00. The van der Waals surface area contributed by atoms with Crippen LogP contribution in [0.25, 0.3) is 11.3 Å². The van der Waals surface area contributed by atoms with E-state index in [0.29, 0.717) is 11.6 Å². The number of urea groups is 1. The van der Waals surface area contributed by atoms with Gasteiger partial charge < -0.3 is 14.9 Å². The van der Waals surface area contributed by atoms with Crippen molar-refractivity contribution in [2.24, 2.45) is 0 Å². The van der Waals surface area contributed by atoms with Gasteiger partial charge in [0.05, 0.1) is 6.10 Å². The maximum absolute atomic E-state index is 11.8. The molecule has 2 amide bonds. The highest BCUT2D eigenvalue weighted by atomic mass is 32.1. The summed E-state index contributed by atoms with van der Waals surface area (Å²) >= 11 is 1.49. The number of aliphatic hydroxyl groups excluding tert-OH is 1. The zero-order chi connectivity index (χ0) is 16.1. The summed E-state index contributed by atoms with van der Waals surface area (Å²) < 4.78 is 5.20. The van der Waals surface area contributed by atoms with Crippen LogP contribution in [-0.2, 0) is 0 Å². The van der Waals surface area contributed by atoms with Crippen LogP contribution < -0.4 is 10.6 Å². The van der Waals surface area contributed by atoms with Gasteiger partial charge >= 0.3 is 6.03 Å². The van der Waals surface area contributed by atoms with Crippen molar-refractivity contribution in [3.63, 3.8) is 0 Å². The zero-order valence-corrected chi connectivity index (χ0v) is 12.9. The summed E-state index contributed by atoms with van der Waals surface area (Å²) in [6.45, 7) is 0.117. The summed E-state index contributed by atoms with van der Waals surface area (Å²) in [6, 6.07) is 12.5. The monoisotopic (exact) mass is 329 g/mol. The molecule has 3 rings (SSSR count). The average molecular weight is 329 g/mol. The Morgan fingerprint density at radius 2 is 2.13 bits per heavy atom. The second-order valence-corrected chi connectivity index (χ2v) is 5.63. The van der Waals surface area contributed by atoms with Gasteiger partial charge in [-0.1, -0.05) is 35.5 Å². The maximum atomic E-state index is 11.8. The number of benzene rings is 1. The van der Waals surface area contributed by atoms with Gasteiger partial charge in [0.25, 0.3) is 0 Å². The van der Waals surface area contributed by atoms with Crippen molar-refractivity contribution in [3.05, 3.63) is 58.8 Å². The number of nitrogens with one attached hydrogen (secondary N) is 2. The van der Waals surface area contributed by atoms with Crippen LogP contribution in [0.2, 0.25) is 0 Å². The molecule has 0 spiro atoms. The van der Waals surface area contributed by atoms with Crippen LogP contribution in [0.15, 0.2) is 57.7 Å². The van der Waals surface area contributed by atoms with E-state index in [2.05, 4.69) is 15.8 Å². The van der Waals surface area contributed by atoms with E-state index in [9.17, 15) is 9.90 Å². The molecule has 3 N–H and O–H groups in total. The zero-order valence-electron chi connectivity index (χ0n) is 12.1. The molecular formula is C16H15N3O3S. The number of carbonyl (C=O) groups excluding carboxylic acids is 1. The van der Waals surface area contributed by atoms with Gasteiger partial charge in [-0.2, -0.15) is 11.3 Å². The van der Waals surface area contributed by atoms with Crippen LogP contribution in [0.3, 0.4) is 0 Å². The van der Waals surface area contributed by atoms with Crippen LogP contribution in [0.5, 0.6) is 0 Å². The quantitative estimate of drug-likeness (QED) is 0.670. The minimum Gasteiger partial charge on any atom is -0.387 e. The first-order valence-corrected chi connectivity index (χ1v) is 7.94. The molecule has 3 aromatic rings. The molecule has 23 heavy (non-hydrogen) atoms. The molecule has 0 aliphatic rings. The lowest BCUT2D eigenvalue weighted by atomic mass is 10.2. The number of aliphatic hydroxyl groups is 1. The molecule has 0 aliphatic carbocycles. The van der Waals surface area contributed by atoms with E-state index < -0.39 is 12.1 Å². The maximum Gasteiger partial charge on any atom is 0.320 e. The van der Waals surface area contributed by atoms with Crippen molar-refractivity contribution in [1.29, 1.82) is 0 Å². The SMILES string of the molecule is O=C(NCC(O)c1ccsc1)Nc1cc(-c2ccccc2)on1. The second-order valence-electron chi connectivity index (χ2n) is 4.85. The summed E-state index contributed by atoms with van der Waals surface area (Å²) in [6.07, 6.45) is -0.732. The van der Waals surface area contributed by atoms with Crippen LogP contribution in [0, 0.1) is 0 Å². The van der Waals surface area contributed by atoms with Gasteiger partial charge in [-0.05, 0) is 22.4 Å². The predicted molar refractivity (Wildman–Crippen MR) is 88.2 cm³/mol. The highest BCUT2D eigenvalue weighted by molar-refractivity contribution is 7.07. The Morgan fingerprint density at radius 3 is 2.87 bits per heavy atom. The third-order valence-electron chi connectivity index (χ3n) is 3.19. The summed E-state index contributed by atoms with van der Waals surface area (Å²) in [5, 5.41) is 22.6. The van der Waals surface area contributed by atoms with E-state index in [1.54, 1.807) is 6.07 Å². The Bertz CT molecular complexity index is 756. The Kier molecular flexibility index (Phi) is 4.70. The van der Waals surface area contributed by atoms with Crippen molar-refractivity contribution in [2.45, 2.75) is 6.10 Å². The molecule has 1 unspecified atom stereocenters. The van der Waals surface area contributed by atoms with E-state index in [1.807, 2.05) is 47.2 Å². The van der Waals surface area contributed by atoms with Crippen LogP contribution >= 0.6 is 11.3 Å². The number of anilines is 1. The molecule has 1 aromatic carbocycles. The standard InChI is InChI=1S/C16H15N3O3S/c20-13(12-6-7-23-10-12)9-17-16(21)18-15-8-14(22-19-15)11-4-2-1-3-5-11/h1-8,10,13,20H,9H2,(H2,17,18,19,21). The predicted octanol–water partition coefficient (Wildman–Crippen LogP) is 3.26. The summed E-state index contributed by atoms with van der Waals surface area (Å²) in [5.74, 6) is 0.880. The van der Waals surface area contributed by atoms with Crippen molar-refractivity contribution in [1.82, 2.24) is 10.5 Å². The van der Waals surface area contributed by atoms with Crippen molar-refractivity contribution in [2.75, 3.05) is 11.9 Å². The number of thiophene rings is 1. The van der Waals surface area contributed by atoms with E-state index in [1.165, 1.54) is 11.3 Å². The van der Waals surface area contributed by atoms with E-state index in [-0.39, 0.29) is 6.54 Å². The molecule has 0 fully saturated rings. The topological polar surface area (TPSA) is 87.4 Å². The molecule has 7 heteroatoms. The molecule has 1 atom stereocenters. The summed E-state index contributed by atoms with van der Waals surface area (Å²) in [5.41, 5.74) is 1.66. The lowest BCUT2D eigenvalue weighted by Crippen LogP contribution is -2.32. The third kappa shape index (κ3) is 3.97. The molecule has 6 nitrogen and oxygen atoms in total. The number of carbonyl (C=O) groups is 1. The fraction of sp³-hybridized carbons (Fsp3) is 0.125. The van der Waals surface area contributed by atoms with E-state index in [0.717, 1.165) is 11.1 Å². The van der Waals surface area contributed by atoms with Crippen molar-refractivity contribution < 1.29 is 14.4 Å². The summed E-state index contributed by atoms with van der Waals surface area (Å²) in [7, 11) is 0. The molecule has 0 bridgehead atoms. The third-order valence-corrected chi connectivity index (χ3v) is 3.90. The number of hydrogen-bond donors (Lipinski definition) is 3. The van der Waals surface area contributed by atoms with E-state index in [4.69, 9.17) is 4.52 Å². The first-order chi connectivity index (χ1) is 11.2. The van der Waals surface area contributed by atoms with Crippen molar-refractivity contribution >= 4 is 23.2 Å². The smallest absolute Gasteiger partial charge is 0.320 e.